The van der Waals surface area contributed by atoms with Crippen molar-refractivity contribution in [1.82, 2.24) is 0 Å². The van der Waals surface area contributed by atoms with Gasteiger partial charge in [0.1, 0.15) is 0 Å². The highest BCUT2D eigenvalue weighted by molar-refractivity contribution is 5.72. The van der Waals surface area contributed by atoms with Crippen molar-refractivity contribution in [3.05, 3.63) is 0 Å². The molecule has 0 N–H and O–H groups in total. The minimum absolute atomic E-state index is 0.0298. The molecule has 0 aromatic rings. The Morgan fingerprint density at radius 2 is 1.47 bits per heavy atom. The fraction of sp³-hybridized carbons (Fsp3) is 0.933. The molecule has 0 spiro atoms. The van der Waals surface area contributed by atoms with Crippen LogP contribution in [0, 0.1) is 5.92 Å². The summed E-state index contributed by atoms with van der Waals surface area (Å²) in [6.45, 7) is 0.269. The van der Waals surface area contributed by atoms with E-state index in [2.05, 4.69) is 0 Å². The van der Waals surface area contributed by atoms with Crippen molar-refractivity contribution in [3.63, 3.8) is 0 Å². The van der Waals surface area contributed by atoms with Gasteiger partial charge in [0.2, 0.25) is 0 Å². The first-order valence-electron chi connectivity index (χ1n) is 7.72. The van der Waals surface area contributed by atoms with Gasteiger partial charge in [-0.25, -0.2) is 0 Å². The number of hydrogen-bond acceptors (Lipinski definition) is 4. The van der Waals surface area contributed by atoms with E-state index in [1.54, 1.807) is 0 Å². The van der Waals surface area contributed by atoms with Gasteiger partial charge in [0.25, 0.3) is 0 Å². The Labute approximate surface area is 115 Å². The van der Waals surface area contributed by atoms with Gasteiger partial charge in [-0.2, -0.15) is 0 Å². The van der Waals surface area contributed by atoms with Crippen LogP contribution in [0.3, 0.4) is 0 Å². The molecule has 2 aliphatic carbocycles. The van der Waals surface area contributed by atoms with Crippen LogP contribution in [0.15, 0.2) is 0 Å². The van der Waals surface area contributed by atoms with Crippen LogP contribution in [0.25, 0.3) is 0 Å². The number of esters is 1. The van der Waals surface area contributed by atoms with Gasteiger partial charge in [-0.15, -0.1) is 0 Å². The van der Waals surface area contributed by atoms with Gasteiger partial charge >= 0.3 is 5.97 Å². The van der Waals surface area contributed by atoms with Gasteiger partial charge in [-0.05, 0) is 25.7 Å². The molecule has 0 saturated heterocycles. The summed E-state index contributed by atoms with van der Waals surface area (Å²) in [5, 5.41) is 0. The molecule has 2 saturated carbocycles. The summed E-state index contributed by atoms with van der Waals surface area (Å²) < 4.78 is 16.0. The summed E-state index contributed by atoms with van der Waals surface area (Å²) in [7, 11) is 0. The van der Waals surface area contributed by atoms with Crippen LogP contribution in [0.4, 0.5) is 0 Å². The quantitative estimate of drug-likeness (QED) is 0.421. The van der Waals surface area contributed by atoms with Crippen molar-refractivity contribution < 1.29 is 19.0 Å². The first kappa shape index (κ1) is 14.8. The van der Waals surface area contributed by atoms with Crippen LogP contribution in [0.2, 0.25) is 0 Å². The maximum atomic E-state index is 11.7. The maximum absolute atomic E-state index is 11.7. The number of carbonyl (C=O) groups excluding carboxylic acids is 1. The Hall–Kier alpha value is -0.610. The highest BCUT2D eigenvalue weighted by Crippen LogP contribution is 2.24. The zero-order valence-electron chi connectivity index (χ0n) is 11.8. The molecule has 4 heteroatoms. The van der Waals surface area contributed by atoms with E-state index in [4.69, 9.17) is 14.2 Å². The molecule has 19 heavy (non-hydrogen) atoms. The molecule has 0 aromatic heterocycles. The predicted octanol–water partition coefficient (Wildman–Crippen LogP) is 3.39. The lowest BCUT2D eigenvalue weighted by molar-refractivity contribution is -0.179. The van der Waals surface area contributed by atoms with Crippen LogP contribution in [-0.2, 0) is 19.0 Å². The fourth-order valence-electron chi connectivity index (χ4n) is 2.97. The predicted molar refractivity (Wildman–Crippen MR) is 71.4 cm³/mol. The van der Waals surface area contributed by atoms with E-state index in [1.807, 2.05) is 0 Å². The van der Waals surface area contributed by atoms with E-state index in [1.165, 1.54) is 25.7 Å². The zero-order chi connectivity index (χ0) is 13.3. The second-order valence-electron chi connectivity index (χ2n) is 5.66. The lowest BCUT2D eigenvalue weighted by atomic mass is 9.89. The third kappa shape index (κ3) is 5.49. The summed E-state index contributed by atoms with van der Waals surface area (Å²) in [5.74, 6) is -0.00557. The minimum Gasteiger partial charge on any atom is -0.438 e. The van der Waals surface area contributed by atoms with Crippen molar-refractivity contribution in [1.29, 1.82) is 0 Å². The summed E-state index contributed by atoms with van der Waals surface area (Å²) in [6, 6.07) is 0. The number of ether oxygens (including phenoxy) is 3. The molecule has 0 heterocycles. The Bertz CT molecular complexity index is 255. The number of carbonyl (C=O) groups is 1. The van der Waals surface area contributed by atoms with Gasteiger partial charge in [0.05, 0.1) is 12.0 Å². The Kier molecular flexibility index (Phi) is 6.65. The van der Waals surface area contributed by atoms with E-state index in [9.17, 15) is 4.79 Å². The molecule has 0 atom stereocenters. The smallest absolute Gasteiger partial charge is 0.311 e. The highest BCUT2D eigenvalue weighted by Gasteiger charge is 2.22. The first-order valence-corrected chi connectivity index (χ1v) is 7.72. The molecule has 0 aliphatic heterocycles. The first-order chi connectivity index (χ1) is 9.36. The molecule has 2 rings (SSSR count). The molecule has 0 aromatic carbocycles. The van der Waals surface area contributed by atoms with Gasteiger partial charge in [-0.3, -0.25) is 4.79 Å². The largest absolute Gasteiger partial charge is 0.438 e. The van der Waals surface area contributed by atoms with Crippen molar-refractivity contribution in [2.24, 2.45) is 5.92 Å². The molecular formula is C15H26O4. The normalized spacial score (nSPS) is 22.3. The van der Waals surface area contributed by atoms with Gasteiger partial charge in [0, 0.05) is 0 Å². The lowest BCUT2D eigenvalue weighted by Gasteiger charge is -2.22. The SMILES string of the molecule is O=C(OCOCOC1CCCCC1)C1CCCCC1. The molecule has 2 fully saturated rings. The molecule has 0 radical (unpaired) electrons. The fourth-order valence-corrected chi connectivity index (χ4v) is 2.97. The van der Waals surface area contributed by atoms with Crippen molar-refractivity contribution in [3.8, 4) is 0 Å². The summed E-state index contributed by atoms with van der Waals surface area (Å²) >= 11 is 0. The van der Waals surface area contributed by atoms with Crippen LogP contribution < -0.4 is 0 Å². The van der Waals surface area contributed by atoms with Crippen molar-refractivity contribution in [2.45, 2.75) is 70.3 Å². The van der Waals surface area contributed by atoms with Gasteiger partial charge < -0.3 is 14.2 Å². The van der Waals surface area contributed by atoms with Crippen LogP contribution in [0.1, 0.15) is 64.2 Å². The Balaban J connectivity index is 1.47. The summed E-state index contributed by atoms with van der Waals surface area (Å²) in [4.78, 5) is 11.7. The molecule has 2 aliphatic rings. The average Bonchev–Trinajstić information content (AvgIpc) is 2.49. The van der Waals surface area contributed by atoms with E-state index >= 15 is 0 Å². The second kappa shape index (κ2) is 8.54. The maximum Gasteiger partial charge on any atom is 0.311 e. The van der Waals surface area contributed by atoms with Gasteiger partial charge in [-0.1, -0.05) is 38.5 Å². The Morgan fingerprint density at radius 1 is 0.842 bits per heavy atom. The van der Waals surface area contributed by atoms with E-state index in [0.29, 0.717) is 6.10 Å². The number of hydrogen-bond donors (Lipinski definition) is 0. The molecular weight excluding hydrogens is 244 g/mol. The van der Waals surface area contributed by atoms with Crippen LogP contribution in [0.5, 0.6) is 0 Å². The zero-order valence-corrected chi connectivity index (χ0v) is 11.8. The minimum atomic E-state index is -0.0997. The van der Waals surface area contributed by atoms with E-state index in [0.717, 1.165) is 38.5 Å². The summed E-state index contributed by atoms with van der Waals surface area (Å²) in [5.41, 5.74) is 0. The third-order valence-corrected chi connectivity index (χ3v) is 4.16. The average molecular weight is 270 g/mol. The number of rotatable bonds is 6. The van der Waals surface area contributed by atoms with E-state index < -0.39 is 0 Å². The monoisotopic (exact) mass is 270 g/mol. The van der Waals surface area contributed by atoms with Crippen LogP contribution in [-0.4, -0.2) is 25.7 Å². The standard InChI is InChI=1S/C15H26O4/c16-15(13-7-3-1-4-8-13)19-12-17-11-18-14-9-5-2-6-10-14/h13-14H,1-12H2. The molecule has 0 bridgehead atoms. The van der Waals surface area contributed by atoms with Crippen molar-refractivity contribution >= 4 is 5.97 Å². The molecule has 0 amide bonds. The Morgan fingerprint density at radius 3 is 2.16 bits per heavy atom. The third-order valence-electron chi connectivity index (χ3n) is 4.16. The molecule has 4 nitrogen and oxygen atoms in total. The lowest BCUT2D eigenvalue weighted by Crippen LogP contribution is -2.23. The van der Waals surface area contributed by atoms with Gasteiger partial charge in [0.15, 0.2) is 13.6 Å². The second-order valence-corrected chi connectivity index (χ2v) is 5.66. The molecule has 0 unspecified atom stereocenters. The topological polar surface area (TPSA) is 44.8 Å². The molecule has 110 valence electrons. The van der Waals surface area contributed by atoms with Crippen LogP contribution >= 0.6 is 0 Å². The summed E-state index contributed by atoms with van der Waals surface area (Å²) in [6.07, 6.45) is 11.9. The highest BCUT2D eigenvalue weighted by atomic mass is 16.7. The van der Waals surface area contributed by atoms with E-state index in [-0.39, 0.29) is 25.5 Å². The van der Waals surface area contributed by atoms with Crippen molar-refractivity contribution in [2.75, 3.05) is 13.6 Å².